The minimum absolute atomic E-state index is 0.231. The van der Waals surface area contributed by atoms with Gasteiger partial charge in [0.1, 0.15) is 23.0 Å². The zero-order valence-electron chi connectivity index (χ0n) is 19.5. The van der Waals surface area contributed by atoms with Gasteiger partial charge in [-0.3, -0.25) is 14.6 Å². The second-order valence-corrected chi connectivity index (χ2v) is 9.45. The average molecular weight is 496 g/mol. The molecule has 0 saturated carbocycles. The number of nitrogens with zero attached hydrogens (tertiary/aromatic N) is 3. The number of aromatic amines is 1. The van der Waals surface area contributed by atoms with Crippen LogP contribution in [-0.2, 0) is 4.79 Å². The molecule has 9 heteroatoms. The van der Waals surface area contributed by atoms with Crippen molar-refractivity contribution in [1.82, 2.24) is 19.7 Å². The van der Waals surface area contributed by atoms with Crippen LogP contribution in [0.1, 0.15) is 28.3 Å². The van der Waals surface area contributed by atoms with Gasteiger partial charge < -0.3 is 10.1 Å². The molecular weight excluding hydrogens is 474 g/mol. The van der Waals surface area contributed by atoms with Crippen LogP contribution in [0.25, 0.3) is 16.5 Å². The minimum Gasteiger partial charge on any atom is -0.457 e. The Kier molecular flexibility index (Phi) is 5.26. The molecular formula is C27H21N5O3S. The molecule has 6 rings (SSSR count). The summed E-state index contributed by atoms with van der Waals surface area (Å²) in [5.41, 5.74) is 3.08. The first-order chi connectivity index (χ1) is 17.5. The third-order valence-electron chi connectivity index (χ3n) is 6.26. The smallest absolute Gasteiger partial charge is 0.255 e. The van der Waals surface area contributed by atoms with Gasteiger partial charge in [-0.1, -0.05) is 42.5 Å². The molecule has 4 heterocycles. The zero-order valence-corrected chi connectivity index (χ0v) is 20.3. The first-order valence-corrected chi connectivity index (χ1v) is 12.3. The number of H-pyrrole nitrogens is 1. The van der Waals surface area contributed by atoms with E-state index in [4.69, 9.17) is 4.74 Å². The van der Waals surface area contributed by atoms with Crippen LogP contribution in [0.2, 0.25) is 0 Å². The number of rotatable bonds is 4. The molecule has 3 aromatic heterocycles. The van der Waals surface area contributed by atoms with Crippen molar-refractivity contribution in [2.24, 2.45) is 0 Å². The number of benzene rings is 2. The lowest BCUT2D eigenvalue weighted by molar-refractivity contribution is -0.116. The van der Waals surface area contributed by atoms with E-state index < -0.39 is 5.92 Å². The van der Waals surface area contributed by atoms with E-state index in [1.807, 2.05) is 66.0 Å². The number of carbonyl (C=O) groups excluding carboxylic acids is 1. The van der Waals surface area contributed by atoms with Crippen LogP contribution in [0.5, 0.6) is 11.5 Å². The monoisotopic (exact) mass is 495 g/mol. The average Bonchev–Trinajstić information content (AvgIpc) is 3.56. The number of anilines is 1. The van der Waals surface area contributed by atoms with Crippen LogP contribution in [0.15, 0.2) is 76.9 Å². The molecule has 2 aromatic carbocycles. The predicted octanol–water partition coefficient (Wildman–Crippen LogP) is 5.18. The highest BCUT2D eigenvalue weighted by molar-refractivity contribution is 7.13. The highest BCUT2D eigenvalue weighted by Crippen LogP contribution is 2.44. The largest absolute Gasteiger partial charge is 0.457 e. The predicted molar refractivity (Wildman–Crippen MR) is 138 cm³/mol. The van der Waals surface area contributed by atoms with Crippen molar-refractivity contribution < 1.29 is 9.53 Å². The van der Waals surface area contributed by atoms with Crippen molar-refractivity contribution >= 4 is 23.1 Å². The van der Waals surface area contributed by atoms with Gasteiger partial charge in [0.05, 0.1) is 10.8 Å². The number of nitrogens with one attached hydrogen (secondary N) is 2. The van der Waals surface area contributed by atoms with E-state index in [-0.39, 0.29) is 17.4 Å². The van der Waals surface area contributed by atoms with E-state index in [2.05, 4.69) is 20.4 Å². The lowest BCUT2D eigenvalue weighted by atomic mass is 9.87. The number of amides is 1. The molecule has 0 fully saturated rings. The van der Waals surface area contributed by atoms with Crippen LogP contribution in [0.4, 0.5) is 5.82 Å². The number of hydrogen-bond donors (Lipinski definition) is 2. The third-order valence-corrected chi connectivity index (χ3v) is 7.15. The van der Waals surface area contributed by atoms with Crippen LogP contribution in [0, 0.1) is 13.8 Å². The molecule has 0 bridgehead atoms. The fraction of sp³-hybridized carbons (Fsp3) is 0.111. The van der Waals surface area contributed by atoms with E-state index in [0.717, 1.165) is 16.0 Å². The Morgan fingerprint density at radius 1 is 1.03 bits per heavy atom. The van der Waals surface area contributed by atoms with Gasteiger partial charge in [0.25, 0.3) is 5.56 Å². The second kappa shape index (κ2) is 8.62. The Labute approximate surface area is 210 Å². The summed E-state index contributed by atoms with van der Waals surface area (Å²) in [5.74, 6) is 1.08. The number of carbonyl (C=O) groups is 1. The van der Waals surface area contributed by atoms with Crippen LogP contribution in [0.3, 0.4) is 0 Å². The molecule has 1 amide bonds. The molecule has 0 aliphatic carbocycles. The van der Waals surface area contributed by atoms with E-state index >= 15 is 0 Å². The van der Waals surface area contributed by atoms with E-state index in [9.17, 15) is 9.59 Å². The summed E-state index contributed by atoms with van der Waals surface area (Å²) in [6.45, 7) is 3.49. The van der Waals surface area contributed by atoms with Crippen molar-refractivity contribution in [2.75, 3.05) is 5.32 Å². The van der Waals surface area contributed by atoms with Crippen molar-refractivity contribution in [3.63, 3.8) is 0 Å². The Bertz CT molecular complexity index is 1620. The van der Waals surface area contributed by atoms with E-state index in [0.29, 0.717) is 34.3 Å². The minimum atomic E-state index is -0.591. The van der Waals surface area contributed by atoms with Crippen molar-refractivity contribution in [3.05, 3.63) is 105 Å². The molecule has 36 heavy (non-hydrogen) atoms. The van der Waals surface area contributed by atoms with Crippen LogP contribution >= 0.6 is 11.3 Å². The number of aryl methyl sites for hydroxylation is 1. The van der Waals surface area contributed by atoms with Gasteiger partial charge >= 0.3 is 0 Å². The lowest BCUT2D eigenvalue weighted by Gasteiger charge is -2.27. The van der Waals surface area contributed by atoms with Gasteiger partial charge in [0, 0.05) is 28.5 Å². The first-order valence-electron chi connectivity index (χ1n) is 11.4. The summed E-state index contributed by atoms with van der Waals surface area (Å²) in [6, 6.07) is 20.7. The van der Waals surface area contributed by atoms with Crippen LogP contribution < -0.4 is 15.6 Å². The standard InChI is InChI=1S/C27H21N5O3S/c1-15-16(2)28-27(30-25(15)33)32-23(14-19(31-32)22-12-7-13-36-22)29-26(34)24-17-8-3-5-10-20(17)35-21-11-6-4-9-18(21)24/h3-14,24H,1-2H3,(H,29,34)(H,28,30,33). The highest BCUT2D eigenvalue weighted by atomic mass is 32.1. The summed E-state index contributed by atoms with van der Waals surface area (Å²) >= 11 is 1.53. The van der Waals surface area contributed by atoms with Crippen LogP contribution in [-0.4, -0.2) is 25.7 Å². The van der Waals surface area contributed by atoms with Gasteiger partial charge in [-0.15, -0.1) is 11.3 Å². The number of para-hydroxylation sites is 2. The molecule has 1 aliphatic heterocycles. The number of fused-ring (bicyclic) bond motifs is 2. The number of thiophene rings is 1. The van der Waals surface area contributed by atoms with Gasteiger partial charge in [0.15, 0.2) is 0 Å². The Morgan fingerprint density at radius 3 is 2.36 bits per heavy atom. The van der Waals surface area contributed by atoms with Gasteiger partial charge in [-0.2, -0.15) is 9.78 Å². The normalized spacial score (nSPS) is 12.5. The van der Waals surface area contributed by atoms with Crippen molar-refractivity contribution in [2.45, 2.75) is 19.8 Å². The number of aromatic nitrogens is 4. The number of ether oxygens (including phenoxy) is 1. The lowest BCUT2D eigenvalue weighted by Crippen LogP contribution is -2.26. The molecule has 0 atom stereocenters. The van der Waals surface area contributed by atoms with E-state index in [1.54, 1.807) is 19.9 Å². The Balaban J connectivity index is 1.45. The highest BCUT2D eigenvalue weighted by Gasteiger charge is 2.33. The third kappa shape index (κ3) is 3.70. The Hall–Kier alpha value is -4.50. The van der Waals surface area contributed by atoms with Crippen molar-refractivity contribution in [3.8, 4) is 28.0 Å². The van der Waals surface area contributed by atoms with E-state index in [1.165, 1.54) is 16.0 Å². The molecule has 0 spiro atoms. The zero-order chi connectivity index (χ0) is 24.8. The molecule has 0 saturated heterocycles. The molecule has 0 radical (unpaired) electrons. The molecule has 0 unspecified atom stereocenters. The maximum Gasteiger partial charge on any atom is 0.255 e. The maximum atomic E-state index is 13.9. The molecule has 178 valence electrons. The fourth-order valence-electron chi connectivity index (χ4n) is 4.30. The van der Waals surface area contributed by atoms with Gasteiger partial charge in [-0.25, -0.2) is 4.98 Å². The fourth-order valence-corrected chi connectivity index (χ4v) is 4.98. The van der Waals surface area contributed by atoms with Crippen molar-refractivity contribution in [1.29, 1.82) is 0 Å². The quantitative estimate of drug-likeness (QED) is 0.358. The second-order valence-electron chi connectivity index (χ2n) is 8.50. The first kappa shape index (κ1) is 22.0. The number of hydrogen-bond acceptors (Lipinski definition) is 6. The Morgan fingerprint density at radius 2 is 1.72 bits per heavy atom. The SMILES string of the molecule is Cc1nc(-n2nc(-c3cccs3)cc2NC(=O)C2c3ccccc3Oc3ccccc32)[nH]c(=O)c1C. The summed E-state index contributed by atoms with van der Waals surface area (Å²) < 4.78 is 7.52. The summed E-state index contributed by atoms with van der Waals surface area (Å²) in [6.07, 6.45) is 0. The van der Waals surface area contributed by atoms with Gasteiger partial charge in [0.2, 0.25) is 11.9 Å². The summed E-state index contributed by atoms with van der Waals surface area (Å²) in [7, 11) is 0. The summed E-state index contributed by atoms with van der Waals surface area (Å²) in [5, 5.41) is 9.68. The summed E-state index contributed by atoms with van der Waals surface area (Å²) in [4.78, 5) is 34.6. The molecule has 1 aliphatic rings. The molecule has 5 aromatic rings. The van der Waals surface area contributed by atoms with Gasteiger partial charge in [-0.05, 0) is 37.4 Å². The maximum absolute atomic E-state index is 13.9. The molecule has 2 N–H and O–H groups in total. The topological polar surface area (TPSA) is 102 Å². The molecule has 8 nitrogen and oxygen atoms in total.